The van der Waals surface area contributed by atoms with Crippen LogP contribution in [0.4, 0.5) is 4.39 Å². The summed E-state index contributed by atoms with van der Waals surface area (Å²) >= 11 is 6.00. The van der Waals surface area contributed by atoms with Gasteiger partial charge in [0.2, 0.25) is 5.28 Å². The minimum atomic E-state index is -0.360. The first-order chi connectivity index (χ1) is 13.1. The Morgan fingerprint density at radius 1 is 1.26 bits per heavy atom. The summed E-state index contributed by atoms with van der Waals surface area (Å²) < 4.78 is 22.7. The summed E-state index contributed by atoms with van der Waals surface area (Å²) in [5.41, 5.74) is 3.13. The summed E-state index contributed by atoms with van der Waals surface area (Å²) in [7, 11) is 0. The van der Waals surface area contributed by atoms with E-state index in [2.05, 4.69) is 31.8 Å². The van der Waals surface area contributed by atoms with Gasteiger partial charge in [0, 0.05) is 5.56 Å². The van der Waals surface area contributed by atoms with Gasteiger partial charge in [-0.05, 0) is 43.5 Å². The Bertz CT molecular complexity index is 1150. The third-order valence-electron chi connectivity index (χ3n) is 5.03. The van der Waals surface area contributed by atoms with Crippen LogP contribution >= 0.6 is 11.6 Å². The molecule has 0 spiro atoms. The Balaban J connectivity index is 1.63. The van der Waals surface area contributed by atoms with E-state index in [1.807, 2.05) is 4.57 Å². The van der Waals surface area contributed by atoms with Gasteiger partial charge in [0.1, 0.15) is 22.5 Å². The molecule has 9 heteroatoms. The molecule has 2 atom stereocenters. The smallest absolute Gasteiger partial charge is 0.225 e. The average Bonchev–Trinajstić information content (AvgIpc) is 3.28. The van der Waals surface area contributed by atoms with E-state index in [1.54, 1.807) is 12.4 Å². The molecule has 7 nitrogen and oxygen atoms in total. The molecule has 4 aromatic rings. The fourth-order valence-electron chi connectivity index (χ4n) is 3.64. The maximum Gasteiger partial charge on any atom is 0.225 e. The van der Waals surface area contributed by atoms with Crippen LogP contribution in [0.5, 0.6) is 0 Å². The summed E-state index contributed by atoms with van der Waals surface area (Å²) in [6.45, 7) is 2.61. The molecule has 5 rings (SSSR count). The number of fused-ring (bicyclic) bond motifs is 2. The predicted octanol–water partition coefficient (Wildman–Crippen LogP) is 3.90. The predicted molar refractivity (Wildman–Crippen MR) is 99.1 cm³/mol. The number of rotatable bonds is 2. The van der Waals surface area contributed by atoms with Crippen LogP contribution in [0.1, 0.15) is 25.8 Å². The van der Waals surface area contributed by atoms with Gasteiger partial charge in [0.15, 0.2) is 5.65 Å². The molecule has 0 radical (unpaired) electrons. The summed E-state index contributed by atoms with van der Waals surface area (Å²) in [5.74, 6) is -0.360. The van der Waals surface area contributed by atoms with E-state index in [9.17, 15) is 0 Å². The van der Waals surface area contributed by atoms with Crippen LogP contribution in [0.15, 0.2) is 24.8 Å². The van der Waals surface area contributed by atoms with Crippen molar-refractivity contribution < 1.29 is 9.13 Å². The largest absolute Gasteiger partial charge is 0.376 e. The number of aromatic nitrogens is 6. The lowest BCUT2D eigenvalue weighted by molar-refractivity contribution is 0.000144. The van der Waals surface area contributed by atoms with E-state index in [0.29, 0.717) is 40.1 Å². The van der Waals surface area contributed by atoms with Crippen molar-refractivity contribution in [3.05, 3.63) is 35.9 Å². The maximum absolute atomic E-state index is 15.1. The molecule has 27 heavy (non-hydrogen) atoms. The average molecular weight is 387 g/mol. The number of halogens is 2. The van der Waals surface area contributed by atoms with Gasteiger partial charge in [-0.3, -0.25) is 0 Å². The molecule has 4 heterocycles. The highest BCUT2D eigenvalue weighted by molar-refractivity contribution is 6.28. The van der Waals surface area contributed by atoms with Gasteiger partial charge in [-0.1, -0.05) is 0 Å². The van der Waals surface area contributed by atoms with E-state index in [-0.39, 0.29) is 23.2 Å². The topological polar surface area (TPSA) is 81.5 Å². The maximum atomic E-state index is 15.1. The van der Waals surface area contributed by atoms with Crippen LogP contribution in [-0.2, 0) is 4.74 Å². The molecule has 0 amide bonds. The van der Waals surface area contributed by atoms with Gasteiger partial charge in [0.05, 0.1) is 36.9 Å². The Hall–Kier alpha value is -2.58. The van der Waals surface area contributed by atoms with Gasteiger partial charge in [0.25, 0.3) is 0 Å². The van der Waals surface area contributed by atoms with Crippen LogP contribution in [0.25, 0.3) is 33.5 Å². The lowest BCUT2D eigenvalue weighted by atomic mass is 10.1. The van der Waals surface area contributed by atoms with Gasteiger partial charge < -0.3 is 14.3 Å². The summed E-state index contributed by atoms with van der Waals surface area (Å²) in [4.78, 5) is 19.8. The number of hydrogen-bond acceptors (Lipinski definition) is 5. The Kier molecular flexibility index (Phi) is 3.84. The first-order valence-electron chi connectivity index (χ1n) is 8.75. The number of hydrogen-bond donors (Lipinski definition) is 1. The van der Waals surface area contributed by atoms with Crippen molar-refractivity contribution in [2.45, 2.75) is 31.9 Å². The number of benzene rings is 1. The first kappa shape index (κ1) is 16.6. The Labute approximate surface area is 158 Å². The van der Waals surface area contributed by atoms with Crippen LogP contribution in [-0.4, -0.2) is 42.2 Å². The fourth-order valence-corrected chi connectivity index (χ4v) is 3.80. The minimum absolute atomic E-state index is 0.0594. The lowest BCUT2D eigenvalue weighted by Gasteiger charge is -2.28. The number of imidazole rings is 2. The van der Waals surface area contributed by atoms with E-state index < -0.39 is 0 Å². The molecule has 138 valence electrons. The third-order valence-corrected chi connectivity index (χ3v) is 5.20. The number of nitrogens with one attached hydrogen (secondary N) is 1. The van der Waals surface area contributed by atoms with Gasteiger partial charge in [-0.25, -0.2) is 19.3 Å². The summed E-state index contributed by atoms with van der Waals surface area (Å²) in [6, 6.07) is 3.34. The number of nitrogens with zero attached hydrogens (tertiary/aromatic N) is 5. The quantitative estimate of drug-likeness (QED) is 0.528. The molecule has 0 bridgehead atoms. The number of aromatic amines is 1. The monoisotopic (exact) mass is 386 g/mol. The van der Waals surface area contributed by atoms with Gasteiger partial charge in [-0.15, -0.1) is 0 Å². The SMILES string of the molecule is CC1CCC(n2cnc3cc(-c4nc(Cl)nc5nc[nH]c45)cc(F)c32)CO1. The fraction of sp³-hybridized carbons (Fsp3) is 0.333. The van der Waals surface area contributed by atoms with Crippen molar-refractivity contribution >= 4 is 33.8 Å². The van der Waals surface area contributed by atoms with Crippen molar-refractivity contribution in [2.75, 3.05) is 6.61 Å². The van der Waals surface area contributed by atoms with Crippen molar-refractivity contribution in [2.24, 2.45) is 0 Å². The zero-order chi connectivity index (χ0) is 18.5. The van der Waals surface area contributed by atoms with Crippen molar-refractivity contribution in [1.82, 2.24) is 29.5 Å². The standard InChI is InChI=1S/C18H16ClFN6O/c1-9-2-3-11(6-27-9)26-8-23-13-5-10(4-12(20)16(13)26)14-15-17(22-7-21-15)25-18(19)24-14/h4-5,7-9,11H,2-3,6H2,1H3,(H,21,22,24,25). The molecule has 1 N–H and O–H groups in total. The van der Waals surface area contributed by atoms with E-state index >= 15 is 4.39 Å². The van der Waals surface area contributed by atoms with E-state index in [0.717, 1.165) is 12.8 Å². The summed E-state index contributed by atoms with van der Waals surface area (Å²) in [5, 5.41) is 0.0594. The van der Waals surface area contributed by atoms with Gasteiger partial charge in [-0.2, -0.15) is 4.98 Å². The highest BCUT2D eigenvalue weighted by Crippen LogP contribution is 2.32. The van der Waals surface area contributed by atoms with Crippen LogP contribution in [0, 0.1) is 5.82 Å². The normalized spacial score (nSPS) is 20.6. The highest BCUT2D eigenvalue weighted by atomic mass is 35.5. The van der Waals surface area contributed by atoms with Crippen LogP contribution in [0.2, 0.25) is 5.28 Å². The van der Waals surface area contributed by atoms with E-state index in [4.69, 9.17) is 16.3 Å². The van der Waals surface area contributed by atoms with Crippen molar-refractivity contribution in [3.8, 4) is 11.3 Å². The molecule has 1 aliphatic heterocycles. The zero-order valence-electron chi connectivity index (χ0n) is 14.5. The number of H-pyrrole nitrogens is 1. The molecule has 1 fully saturated rings. The van der Waals surface area contributed by atoms with E-state index in [1.165, 1.54) is 12.4 Å². The first-order valence-corrected chi connectivity index (χ1v) is 9.12. The minimum Gasteiger partial charge on any atom is -0.376 e. The molecule has 1 aliphatic rings. The molecule has 0 saturated carbocycles. The zero-order valence-corrected chi connectivity index (χ0v) is 15.2. The number of ether oxygens (including phenoxy) is 1. The molecule has 3 aromatic heterocycles. The van der Waals surface area contributed by atoms with Crippen LogP contribution < -0.4 is 0 Å². The highest BCUT2D eigenvalue weighted by Gasteiger charge is 2.23. The molecular formula is C18H16ClFN6O. The Morgan fingerprint density at radius 3 is 2.96 bits per heavy atom. The molecule has 2 unspecified atom stereocenters. The van der Waals surface area contributed by atoms with Crippen molar-refractivity contribution in [3.63, 3.8) is 0 Å². The molecule has 1 saturated heterocycles. The second kappa shape index (κ2) is 6.24. The van der Waals surface area contributed by atoms with Gasteiger partial charge >= 0.3 is 0 Å². The van der Waals surface area contributed by atoms with Crippen LogP contribution in [0.3, 0.4) is 0 Å². The van der Waals surface area contributed by atoms with Crippen molar-refractivity contribution in [1.29, 1.82) is 0 Å². The molecule has 0 aliphatic carbocycles. The second-order valence-corrected chi connectivity index (χ2v) is 7.13. The summed E-state index contributed by atoms with van der Waals surface area (Å²) in [6.07, 6.45) is 5.31. The molecular weight excluding hydrogens is 371 g/mol. The third kappa shape index (κ3) is 2.76. The second-order valence-electron chi connectivity index (χ2n) is 6.80. The Morgan fingerprint density at radius 2 is 2.15 bits per heavy atom. The lowest BCUT2D eigenvalue weighted by Crippen LogP contribution is -2.25. The molecule has 1 aromatic carbocycles.